The summed E-state index contributed by atoms with van der Waals surface area (Å²) in [6.07, 6.45) is 2.29. The number of hydrogen-bond acceptors (Lipinski definition) is 3. The van der Waals surface area contributed by atoms with Crippen LogP contribution in [0.25, 0.3) is 0 Å². The zero-order chi connectivity index (χ0) is 12.3. The minimum Gasteiger partial charge on any atom is -0.478 e. The fourth-order valence-electron chi connectivity index (χ4n) is 2.10. The minimum atomic E-state index is -0.867. The Morgan fingerprint density at radius 3 is 3.06 bits per heavy atom. The second-order valence-electron chi connectivity index (χ2n) is 4.30. The van der Waals surface area contributed by atoms with Gasteiger partial charge in [0.05, 0.1) is 16.9 Å². The van der Waals surface area contributed by atoms with Crippen LogP contribution < -0.4 is 10.2 Å². The lowest BCUT2D eigenvalue weighted by atomic mass is 10.1. The number of carboxylic acid groups (broad SMARTS) is 1. The molecule has 1 aliphatic heterocycles. The first kappa shape index (κ1) is 11.8. The molecule has 0 fully saturated rings. The second kappa shape index (κ2) is 5.08. The highest BCUT2D eigenvalue weighted by molar-refractivity contribution is 5.91. The fourth-order valence-corrected chi connectivity index (χ4v) is 2.10. The molecule has 2 rings (SSSR count). The van der Waals surface area contributed by atoms with Gasteiger partial charge >= 0.3 is 5.97 Å². The first-order chi connectivity index (χ1) is 8.22. The highest BCUT2D eigenvalue weighted by Crippen LogP contribution is 2.30. The number of nitrogens with one attached hydrogen (secondary N) is 1. The summed E-state index contributed by atoms with van der Waals surface area (Å²) in [7, 11) is 0. The largest absolute Gasteiger partial charge is 0.478 e. The number of carboxylic acids is 1. The van der Waals surface area contributed by atoms with Crippen molar-refractivity contribution in [2.24, 2.45) is 0 Å². The quantitative estimate of drug-likeness (QED) is 0.840. The van der Waals surface area contributed by atoms with Crippen molar-refractivity contribution in [1.82, 2.24) is 0 Å². The van der Waals surface area contributed by atoms with Crippen LogP contribution in [0.3, 0.4) is 0 Å². The number of benzene rings is 1. The summed E-state index contributed by atoms with van der Waals surface area (Å²) in [5, 5.41) is 12.3. The number of aromatic carboxylic acids is 1. The molecule has 17 heavy (non-hydrogen) atoms. The molecule has 0 saturated heterocycles. The standard InChI is InChI=1S/C13H18N2O2/c1-2-3-7-15-8-6-14-11-5-4-10(13(16)17)9-12(11)15/h4-5,9,14H,2-3,6-8H2,1H3,(H,16,17). The highest BCUT2D eigenvalue weighted by atomic mass is 16.4. The van der Waals surface area contributed by atoms with Crippen LogP contribution in [0.1, 0.15) is 30.1 Å². The molecule has 0 unspecified atom stereocenters. The monoisotopic (exact) mass is 234 g/mol. The third kappa shape index (κ3) is 2.52. The maximum Gasteiger partial charge on any atom is 0.335 e. The van der Waals surface area contributed by atoms with Gasteiger partial charge in [-0.2, -0.15) is 0 Å². The Morgan fingerprint density at radius 2 is 2.35 bits per heavy atom. The van der Waals surface area contributed by atoms with E-state index >= 15 is 0 Å². The maximum absolute atomic E-state index is 11.0. The highest BCUT2D eigenvalue weighted by Gasteiger charge is 2.17. The van der Waals surface area contributed by atoms with E-state index in [0.29, 0.717) is 5.56 Å². The molecule has 0 aliphatic carbocycles. The van der Waals surface area contributed by atoms with Crippen LogP contribution in [0.2, 0.25) is 0 Å². The first-order valence-electron chi connectivity index (χ1n) is 6.08. The Kier molecular flexibility index (Phi) is 3.52. The van der Waals surface area contributed by atoms with E-state index in [1.165, 1.54) is 0 Å². The normalized spacial score (nSPS) is 14.1. The van der Waals surface area contributed by atoms with E-state index in [1.807, 2.05) is 6.07 Å². The molecule has 1 aromatic carbocycles. The average Bonchev–Trinajstić information content (AvgIpc) is 2.35. The van der Waals surface area contributed by atoms with E-state index in [-0.39, 0.29) is 0 Å². The van der Waals surface area contributed by atoms with E-state index in [4.69, 9.17) is 5.11 Å². The summed E-state index contributed by atoms with van der Waals surface area (Å²) >= 11 is 0. The number of nitrogens with zero attached hydrogens (tertiary/aromatic N) is 1. The SMILES string of the molecule is CCCCN1CCNc2ccc(C(=O)O)cc21. The van der Waals surface area contributed by atoms with Gasteiger partial charge in [-0.25, -0.2) is 4.79 Å². The Bertz CT molecular complexity index is 418. The molecule has 92 valence electrons. The van der Waals surface area contributed by atoms with Crippen molar-refractivity contribution in [3.8, 4) is 0 Å². The smallest absolute Gasteiger partial charge is 0.335 e. The van der Waals surface area contributed by atoms with Crippen molar-refractivity contribution in [1.29, 1.82) is 0 Å². The number of fused-ring (bicyclic) bond motifs is 1. The van der Waals surface area contributed by atoms with Crippen molar-refractivity contribution in [2.45, 2.75) is 19.8 Å². The van der Waals surface area contributed by atoms with E-state index in [1.54, 1.807) is 12.1 Å². The molecule has 1 heterocycles. The number of unbranched alkanes of at least 4 members (excludes halogenated alkanes) is 1. The lowest BCUT2D eigenvalue weighted by Crippen LogP contribution is -2.34. The summed E-state index contributed by atoms with van der Waals surface area (Å²) in [6, 6.07) is 5.27. The molecule has 0 amide bonds. The van der Waals surface area contributed by atoms with Crippen LogP contribution in [0.15, 0.2) is 18.2 Å². The lowest BCUT2D eigenvalue weighted by molar-refractivity contribution is 0.0697. The zero-order valence-corrected chi connectivity index (χ0v) is 10.1. The molecule has 4 heteroatoms. The number of anilines is 2. The van der Waals surface area contributed by atoms with Crippen LogP contribution in [0.4, 0.5) is 11.4 Å². The molecule has 0 radical (unpaired) electrons. The van der Waals surface area contributed by atoms with Crippen molar-refractivity contribution in [3.05, 3.63) is 23.8 Å². The molecule has 2 N–H and O–H groups in total. The topological polar surface area (TPSA) is 52.6 Å². The van der Waals surface area contributed by atoms with Crippen LogP contribution in [0.5, 0.6) is 0 Å². The number of hydrogen-bond donors (Lipinski definition) is 2. The van der Waals surface area contributed by atoms with Gasteiger partial charge in [-0.05, 0) is 24.6 Å². The van der Waals surface area contributed by atoms with Crippen molar-refractivity contribution in [2.75, 3.05) is 29.9 Å². The Morgan fingerprint density at radius 1 is 1.53 bits per heavy atom. The molecule has 0 saturated carbocycles. The van der Waals surface area contributed by atoms with Gasteiger partial charge in [0.15, 0.2) is 0 Å². The Hall–Kier alpha value is -1.71. The molecule has 0 aromatic heterocycles. The minimum absolute atomic E-state index is 0.356. The van der Waals surface area contributed by atoms with Crippen LogP contribution in [-0.4, -0.2) is 30.7 Å². The van der Waals surface area contributed by atoms with Gasteiger partial charge in [0, 0.05) is 19.6 Å². The van der Waals surface area contributed by atoms with Gasteiger partial charge in [0.25, 0.3) is 0 Å². The average molecular weight is 234 g/mol. The Balaban J connectivity index is 2.27. The van der Waals surface area contributed by atoms with Gasteiger partial charge < -0.3 is 15.3 Å². The van der Waals surface area contributed by atoms with Crippen LogP contribution in [0, 0.1) is 0 Å². The van der Waals surface area contributed by atoms with E-state index in [2.05, 4.69) is 17.1 Å². The van der Waals surface area contributed by atoms with Crippen LogP contribution >= 0.6 is 0 Å². The predicted molar refractivity (Wildman–Crippen MR) is 69.0 cm³/mol. The van der Waals surface area contributed by atoms with Crippen LogP contribution in [-0.2, 0) is 0 Å². The molecular formula is C13H18N2O2. The first-order valence-corrected chi connectivity index (χ1v) is 6.08. The fraction of sp³-hybridized carbons (Fsp3) is 0.462. The summed E-state index contributed by atoms with van der Waals surface area (Å²) in [6.45, 7) is 5.02. The summed E-state index contributed by atoms with van der Waals surface area (Å²) in [4.78, 5) is 13.2. The number of carbonyl (C=O) groups is 1. The lowest BCUT2D eigenvalue weighted by Gasteiger charge is -2.32. The third-order valence-electron chi connectivity index (χ3n) is 3.06. The number of rotatable bonds is 4. The van der Waals surface area contributed by atoms with Gasteiger partial charge in [-0.15, -0.1) is 0 Å². The summed E-state index contributed by atoms with van der Waals surface area (Å²) in [5.74, 6) is -0.867. The van der Waals surface area contributed by atoms with E-state index in [9.17, 15) is 4.79 Å². The molecule has 0 spiro atoms. The predicted octanol–water partition coefficient (Wildman–Crippen LogP) is 2.42. The Labute approximate surface area is 101 Å². The van der Waals surface area contributed by atoms with Crippen molar-refractivity contribution >= 4 is 17.3 Å². The zero-order valence-electron chi connectivity index (χ0n) is 10.1. The van der Waals surface area contributed by atoms with Gasteiger partial charge in [-0.1, -0.05) is 13.3 Å². The molecule has 4 nitrogen and oxygen atoms in total. The van der Waals surface area contributed by atoms with Crippen molar-refractivity contribution < 1.29 is 9.90 Å². The third-order valence-corrected chi connectivity index (χ3v) is 3.06. The second-order valence-corrected chi connectivity index (χ2v) is 4.30. The van der Waals surface area contributed by atoms with E-state index < -0.39 is 5.97 Å². The molecule has 0 bridgehead atoms. The van der Waals surface area contributed by atoms with E-state index in [0.717, 1.165) is 43.9 Å². The molecular weight excluding hydrogens is 216 g/mol. The maximum atomic E-state index is 11.0. The molecule has 1 aromatic rings. The van der Waals surface area contributed by atoms with Gasteiger partial charge in [0.1, 0.15) is 0 Å². The summed E-state index contributed by atoms with van der Waals surface area (Å²) in [5.41, 5.74) is 2.41. The molecule has 1 aliphatic rings. The van der Waals surface area contributed by atoms with Gasteiger partial charge in [0.2, 0.25) is 0 Å². The van der Waals surface area contributed by atoms with Crippen molar-refractivity contribution in [3.63, 3.8) is 0 Å². The summed E-state index contributed by atoms with van der Waals surface area (Å²) < 4.78 is 0. The molecule has 0 atom stereocenters. The van der Waals surface area contributed by atoms with Gasteiger partial charge in [-0.3, -0.25) is 0 Å².